The average Bonchev–Trinajstić information content (AvgIpc) is 3.05. The molecule has 0 aromatic heterocycles. The lowest BCUT2D eigenvalue weighted by Gasteiger charge is -2.28. The number of carbonyl (C=O) groups excluding carboxylic acids is 3. The van der Waals surface area contributed by atoms with E-state index in [1.165, 1.54) is 38.1 Å². The Balaban J connectivity index is 1.63. The summed E-state index contributed by atoms with van der Waals surface area (Å²) in [6, 6.07) is 12.9. The van der Waals surface area contributed by atoms with Gasteiger partial charge in [-0.25, -0.2) is 14.1 Å². The van der Waals surface area contributed by atoms with E-state index in [0.717, 1.165) is 29.2 Å². The second-order valence-electron chi connectivity index (χ2n) is 9.88. The fourth-order valence-electron chi connectivity index (χ4n) is 4.53. The van der Waals surface area contributed by atoms with Crippen molar-refractivity contribution < 1.29 is 37.1 Å². The molecule has 1 aliphatic heterocycles. The Morgan fingerprint density at radius 2 is 1.65 bits per heavy atom. The smallest absolute Gasteiger partial charge is 0.417 e. The summed E-state index contributed by atoms with van der Waals surface area (Å²) < 4.78 is 54.7. The number of alkyl halides is 3. The number of benzene rings is 3. The van der Waals surface area contributed by atoms with E-state index in [1.54, 1.807) is 12.1 Å². The molecular formula is C29H23F4N3O4. The zero-order valence-electron chi connectivity index (χ0n) is 21.4. The van der Waals surface area contributed by atoms with Gasteiger partial charge in [0.15, 0.2) is 0 Å². The van der Waals surface area contributed by atoms with Crippen LogP contribution >= 0.6 is 0 Å². The van der Waals surface area contributed by atoms with Crippen molar-refractivity contribution in [2.45, 2.75) is 44.9 Å². The van der Waals surface area contributed by atoms with Crippen molar-refractivity contribution >= 4 is 23.4 Å². The van der Waals surface area contributed by atoms with Gasteiger partial charge in [0.25, 0.3) is 5.91 Å². The van der Waals surface area contributed by atoms with E-state index in [4.69, 9.17) is 5.26 Å². The summed E-state index contributed by atoms with van der Waals surface area (Å²) in [6.07, 6.45) is -5.06. The van der Waals surface area contributed by atoms with Crippen LogP contribution in [0.25, 0.3) is 0 Å². The molecule has 7 nitrogen and oxygen atoms in total. The summed E-state index contributed by atoms with van der Waals surface area (Å²) >= 11 is 0. The first kappa shape index (κ1) is 28.3. The van der Waals surface area contributed by atoms with Gasteiger partial charge in [0.05, 0.1) is 22.9 Å². The van der Waals surface area contributed by atoms with E-state index in [1.807, 2.05) is 0 Å². The molecule has 0 radical (unpaired) electrons. The lowest BCUT2D eigenvalue weighted by Crippen LogP contribution is -2.43. The van der Waals surface area contributed by atoms with Crippen LogP contribution in [-0.2, 0) is 35.2 Å². The number of nitriles is 1. The van der Waals surface area contributed by atoms with Crippen LogP contribution < -0.4 is 4.90 Å². The summed E-state index contributed by atoms with van der Waals surface area (Å²) in [5.41, 5.74) is -2.47. The molecule has 0 spiro atoms. The predicted molar refractivity (Wildman–Crippen MR) is 136 cm³/mol. The van der Waals surface area contributed by atoms with E-state index < -0.39 is 40.6 Å². The van der Waals surface area contributed by atoms with Gasteiger partial charge in [-0.3, -0.25) is 9.59 Å². The van der Waals surface area contributed by atoms with E-state index in [9.17, 15) is 37.1 Å². The largest absolute Gasteiger partial charge is 0.508 e. The van der Waals surface area contributed by atoms with Crippen molar-refractivity contribution in [2.75, 3.05) is 4.90 Å². The third-order valence-corrected chi connectivity index (χ3v) is 6.73. The highest BCUT2D eigenvalue weighted by Crippen LogP contribution is 2.38. The lowest BCUT2D eigenvalue weighted by molar-refractivity contribution is -0.137. The van der Waals surface area contributed by atoms with Gasteiger partial charge in [0.1, 0.15) is 22.9 Å². The quantitative estimate of drug-likeness (QED) is 0.307. The molecule has 1 heterocycles. The van der Waals surface area contributed by atoms with Crippen LogP contribution in [-0.4, -0.2) is 33.3 Å². The Hall–Kier alpha value is -4.72. The molecule has 1 fully saturated rings. The molecule has 0 unspecified atom stereocenters. The number of phenolic OH excluding ortho intramolecular Hbond substituents is 1. The van der Waals surface area contributed by atoms with Crippen LogP contribution in [0, 0.1) is 17.1 Å². The molecule has 40 heavy (non-hydrogen) atoms. The number of nitrogens with zero attached hydrogens (tertiary/aromatic N) is 3. The van der Waals surface area contributed by atoms with Gasteiger partial charge >= 0.3 is 12.2 Å². The fraction of sp³-hybridized carbons (Fsp3) is 0.241. The molecule has 4 rings (SSSR count). The molecular weight excluding hydrogens is 530 g/mol. The number of hydrogen-bond donors (Lipinski definition) is 1. The van der Waals surface area contributed by atoms with Gasteiger partial charge in [0, 0.05) is 19.4 Å². The van der Waals surface area contributed by atoms with Crippen LogP contribution in [0.15, 0.2) is 60.7 Å². The van der Waals surface area contributed by atoms with Crippen molar-refractivity contribution in [2.24, 2.45) is 0 Å². The lowest BCUT2D eigenvalue weighted by atomic mass is 9.97. The molecule has 206 valence electrons. The maximum absolute atomic E-state index is 14.2. The fourth-order valence-corrected chi connectivity index (χ4v) is 4.53. The van der Waals surface area contributed by atoms with Gasteiger partial charge in [-0.1, -0.05) is 18.2 Å². The number of ketones is 1. The van der Waals surface area contributed by atoms with Gasteiger partial charge in [-0.05, 0) is 73.0 Å². The highest BCUT2D eigenvalue weighted by molar-refractivity contribution is 6.23. The summed E-state index contributed by atoms with van der Waals surface area (Å²) in [5.74, 6) is -1.62. The monoisotopic (exact) mass is 553 g/mol. The first-order valence-electron chi connectivity index (χ1n) is 12.1. The number of aromatic hydroxyl groups is 1. The van der Waals surface area contributed by atoms with Gasteiger partial charge in [-0.15, -0.1) is 0 Å². The Morgan fingerprint density at radius 3 is 2.27 bits per heavy atom. The normalized spacial score (nSPS) is 14.9. The summed E-state index contributed by atoms with van der Waals surface area (Å²) in [5, 5.41) is 18.5. The number of imide groups is 1. The second kappa shape index (κ2) is 10.4. The molecule has 1 aliphatic rings. The zero-order chi connectivity index (χ0) is 29.4. The van der Waals surface area contributed by atoms with Crippen LogP contribution in [0.2, 0.25) is 0 Å². The van der Waals surface area contributed by atoms with Crippen molar-refractivity contribution in [3.05, 3.63) is 94.3 Å². The molecule has 0 atom stereocenters. The van der Waals surface area contributed by atoms with Crippen molar-refractivity contribution in [1.29, 1.82) is 5.26 Å². The Labute approximate surface area is 226 Å². The standard InChI is InChI=1S/C29H23F4N3O4/c1-28(2)26(39)36(22-8-6-18(15-34)25(14-22)29(31,32)33)27(40)35(28)16-19-5-7-21(30)12-20(19)13-24(38)11-17-3-9-23(37)10-4-17/h3-10,12,14,37H,11,13,16H2,1-2H3. The number of rotatable bonds is 7. The van der Waals surface area contributed by atoms with Gasteiger partial charge < -0.3 is 10.0 Å². The molecule has 1 N–H and O–H groups in total. The van der Waals surface area contributed by atoms with Crippen molar-refractivity contribution in [3.8, 4) is 11.8 Å². The number of anilines is 1. The Morgan fingerprint density at radius 1 is 0.975 bits per heavy atom. The van der Waals surface area contributed by atoms with Gasteiger partial charge in [-0.2, -0.15) is 18.4 Å². The van der Waals surface area contributed by atoms with E-state index in [2.05, 4.69) is 0 Å². The molecule has 1 saturated heterocycles. The number of amides is 3. The number of urea groups is 1. The summed E-state index contributed by atoms with van der Waals surface area (Å²) in [6.45, 7) is 2.64. The van der Waals surface area contributed by atoms with Crippen LogP contribution in [0.4, 0.5) is 28.0 Å². The number of halogens is 4. The molecule has 3 amide bonds. The molecule has 0 saturated carbocycles. The molecule has 3 aromatic rings. The van der Waals surface area contributed by atoms with Gasteiger partial charge in [0.2, 0.25) is 0 Å². The Bertz CT molecular complexity index is 1540. The molecule has 11 heteroatoms. The SMILES string of the molecule is CC1(C)C(=O)N(c2ccc(C#N)c(C(F)(F)F)c2)C(=O)N1Cc1ccc(F)cc1CC(=O)Cc1ccc(O)cc1. The number of carbonyl (C=O) groups is 3. The second-order valence-corrected chi connectivity index (χ2v) is 9.88. The first-order valence-corrected chi connectivity index (χ1v) is 12.1. The highest BCUT2D eigenvalue weighted by Gasteiger charge is 2.52. The Kier molecular flexibility index (Phi) is 7.39. The summed E-state index contributed by atoms with van der Waals surface area (Å²) in [7, 11) is 0. The number of Topliss-reactive ketones (excluding diaryl/α,β-unsaturated/α-hetero) is 1. The molecule has 0 bridgehead atoms. The number of phenols is 1. The molecule has 0 aliphatic carbocycles. The van der Waals surface area contributed by atoms with E-state index >= 15 is 0 Å². The van der Waals surface area contributed by atoms with Crippen LogP contribution in [0.1, 0.15) is 41.7 Å². The van der Waals surface area contributed by atoms with E-state index in [0.29, 0.717) is 22.1 Å². The van der Waals surface area contributed by atoms with Crippen molar-refractivity contribution in [3.63, 3.8) is 0 Å². The van der Waals surface area contributed by atoms with Crippen LogP contribution in [0.5, 0.6) is 5.75 Å². The maximum Gasteiger partial charge on any atom is 0.417 e. The number of hydrogen-bond acceptors (Lipinski definition) is 5. The third kappa shape index (κ3) is 5.52. The average molecular weight is 554 g/mol. The minimum atomic E-state index is -4.89. The van der Waals surface area contributed by atoms with Crippen LogP contribution in [0.3, 0.4) is 0 Å². The highest BCUT2D eigenvalue weighted by atomic mass is 19.4. The maximum atomic E-state index is 14.2. The van der Waals surface area contributed by atoms with E-state index in [-0.39, 0.29) is 42.2 Å². The van der Waals surface area contributed by atoms with Crippen molar-refractivity contribution in [1.82, 2.24) is 4.90 Å². The first-order chi connectivity index (χ1) is 18.7. The third-order valence-electron chi connectivity index (χ3n) is 6.73. The summed E-state index contributed by atoms with van der Waals surface area (Å²) in [4.78, 5) is 41.3. The minimum Gasteiger partial charge on any atom is -0.508 e. The topological polar surface area (TPSA) is 102 Å². The molecule has 3 aromatic carbocycles. The zero-order valence-corrected chi connectivity index (χ0v) is 21.4. The minimum absolute atomic E-state index is 0.0108. The predicted octanol–water partition coefficient (Wildman–Crippen LogP) is 5.52.